The SMILES string of the molecule is COc1ccc(OC)c([C@@H](C)NC(=O)[C@H]2CCCN(S(=O)(=O)Cc3ccc(Cl)c(Cl)c3)C2)c1. The number of ether oxygens (including phenoxy) is 2. The maximum absolute atomic E-state index is 13.0. The van der Waals surface area contributed by atoms with E-state index in [1.807, 2.05) is 13.0 Å². The van der Waals surface area contributed by atoms with E-state index in [9.17, 15) is 13.2 Å². The molecule has 1 aliphatic heterocycles. The number of carbonyl (C=O) groups is 1. The van der Waals surface area contributed by atoms with Crippen LogP contribution >= 0.6 is 23.2 Å². The van der Waals surface area contributed by atoms with Gasteiger partial charge in [-0.3, -0.25) is 4.79 Å². The molecule has 0 aromatic heterocycles. The maximum Gasteiger partial charge on any atom is 0.224 e. The zero-order valence-corrected chi connectivity index (χ0v) is 21.1. The Labute approximate surface area is 205 Å². The minimum atomic E-state index is -3.62. The molecule has 2 atom stereocenters. The number of rotatable bonds is 8. The monoisotopic (exact) mass is 514 g/mol. The Kier molecular flexibility index (Phi) is 8.50. The normalized spacial score (nSPS) is 17.9. The van der Waals surface area contributed by atoms with Crippen molar-refractivity contribution in [1.82, 2.24) is 9.62 Å². The van der Waals surface area contributed by atoms with Crippen molar-refractivity contribution in [2.24, 2.45) is 5.92 Å². The molecule has 1 fully saturated rings. The number of nitrogens with one attached hydrogen (secondary N) is 1. The predicted molar refractivity (Wildman–Crippen MR) is 129 cm³/mol. The second-order valence-corrected chi connectivity index (χ2v) is 10.8. The van der Waals surface area contributed by atoms with Gasteiger partial charge in [0.1, 0.15) is 11.5 Å². The van der Waals surface area contributed by atoms with Crippen LogP contribution < -0.4 is 14.8 Å². The van der Waals surface area contributed by atoms with Gasteiger partial charge in [-0.25, -0.2) is 12.7 Å². The minimum absolute atomic E-state index is 0.136. The first-order valence-corrected chi connectivity index (χ1v) is 12.9. The highest BCUT2D eigenvalue weighted by Gasteiger charge is 2.33. The van der Waals surface area contributed by atoms with Crippen LogP contribution in [-0.2, 0) is 20.6 Å². The van der Waals surface area contributed by atoms with Gasteiger partial charge < -0.3 is 14.8 Å². The molecule has 0 unspecified atom stereocenters. The standard InChI is InChI=1S/C23H28Cl2N2O5S/c1-15(19-12-18(31-2)7-9-22(19)32-3)26-23(28)17-5-4-10-27(13-17)33(29,30)14-16-6-8-20(24)21(25)11-16/h6-9,11-12,15,17H,4-5,10,13-14H2,1-3H3,(H,26,28)/t15-,17+/m1/s1. The summed E-state index contributed by atoms with van der Waals surface area (Å²) in [6, 6.07) is 9.82. The lowest BCUT2D eigenvalue weighted by Crippen LogP contribution is -2.46. The summed E-state index contributed by atoms with van der Waals surface area (Å²) in [6.45, 7) is 2.38. The third-order valence-electron chi connectivity index (χ3n) is 5.74. The molecule has 0 spiro atoms. The van der Waals surface area contributed by atoms with Gasteiger partial charge in [0.2, 0.25) is 15.9 Å². The van der Waals surface area contributed by atoms with Gasteiger partial charge >= 0.3 is 0 Å². The van der Waals surface area contributed by atoms with E-state index in [4.69, 9.17) is 32.7 Å². The van der Waals surface area contributed by atoms with Crippen LogP contribution in [0.5, 0.6) is 11.5 Å². The number of halogens is 2. The quantitative estimate of drug-likeness (QED) is 0.563. The third-order valence-corrected chi connectivity index (χ3v) is 8.30. The number of methoxy groups -OCH3 is 2. The summed E-state index contributed by atoms with van der Waals surface area (Å²) in [5, 5.41) is 3.68. The van der Waals surface area contributed by atoms with Gasteiger partial charge in [-0.15, -0.1) is 0 Å². The smallest absolute Gasteiger partial charge is 0.224 e. The van der Waals surface area contributed by atoms with Gasteiger partial charge in [0.25, 0.3) is 0 Å². The van der Waals surface area contributed by atoms with Gasteiger partial charge in [-0.1, -0.05) is 29.3 Å². The van der Waals surface area contributed by atoms with Crippen molar-refractivity contribution in [3.63, 3.8) is 0 Å². The van der Waals surface area contributed by atoms with E-state index in [2.05, 4.69) is 5.32 Å². The Morgan fingerprint density at radius 3 is 2.58 bits per heavy atom. The molecule has 7 nitrogen and oxygen atoms in total. The molecule has 0 bridgehead atoms. The van der Waals surface area contributed by atoms with E-state index >= 15 is 0 Å². The highest BCUT2D eigenvalue weighted by Crippen LogP contribution is 2.30. The molecule has 1 amide bonds. The zero-order chi connectivity index (χ0) is 24.2. The lowest BCUT2D eigenvalue weighted by Gasteiger charge is -2.32. The average molecular weight is 515 g/mol. The zero-order valence-electron chi connectivity index (χ0n) is 18.8. The van der Waals surface area contributed by atoms with E-state index in [1.54, 1.807) is 44.6 Å². The lowest BCUT2D eigenvalue weighted by molar-refractivity contribution is -0.126. The fourth-order valence-corrected chi connectivity index (χ4v) is 5.85. The summed E-state index contributed by atoms with van der Waals surface area (Å²) < 4.78 is 38.1. The average Bonchev–Trinajstić information content (AvgIpc) is 2.80. The fraction of sp³-hybridized carbons (Fsp3) is 0.435. The molecule has 2 aromatic carbocycles. The first kappa shape index (κ1) is 25.6. The van der Waals surface area contributed by atoms with E-state index < -0.39 is 15.9 Å². The van der Waals surface area contributed by atoms with E-state index in [0.717, 1.165) is 5.56 Å². The summed E-state index contributed by atoms with van der Waals surface area (Å²) in [5.74, 6) is 0.459. The van der Waals surface area contributed by atoms with Crippen LogP contribution in [0.15, 0.2) is 36.4 Å². The molecule has 33 heavy (non-hydrogen) atoms. The Balaban J connectivity index is 1.68. The molecule has 0 aliphatic carbocycles. The number of benzene rings is 2. The minimum Gasteiger partial charge on any atom is -0.497 e. The molecule has 3 rings (SSSR count). The molecule has 0 radical (unpaired) electrons. The highest BCUT2D eigenvalue weighted by atomic mass is 35.5. The van der Waals surface area contributed by atoms with Crippen molar-refractivity contribution in [2.75, 3.05) is 27.3 Å². The molecular weight excluding hydrogens is 487 g/mol. The number of hydrogen-bond acceptors (Lipinski definition) is 5. The number of carbonyl (C=O) groups excluding carboxylic acids is 1. The Bertz CT molecular complexity index is 1110. The van der Waals surface area contributed by atoms with Crippen molar-refractivity contribution in [3.05, 3.63) is 57.6 Å². The van der Waals surface area contributed by atoms with Crippen LogP contribution in [0.2, 0.25) is 10.0 Å². The number of piperidine rings is 1. The highest BCUT2D eigenvalue weighted by molar-refractivity contribution is 7.88. The van der Waals surface area contributed by atoms with Crippen LogP contribution in [0.4, 0.5) is 0 Å². The Hall–Kier alpha value is -2.00. The first-order valence-electron chi connectivity index (χ1n) is 10.6. The summed E-state index contributed by atoms with van der Waals surface area (Å²) in [7, 11) is -0.477. The van der Waals surface area contributed by atoms with E-state index in [0.29, 0.717) is 46.5 Å². The predicted octanol–water partition coefficient (Wildman–Crippen LogP) is 4.43. The number of amides is 1. The van der Waals surface area contributed by atoms with Gasteiger partial charge in [-0.05, 0) is 55.7 Å². The lowest BCUT2D eigenvalue weighted by atomic mass is 9.97. The largest absolute Gasteiger partial charge is 0.497 e. The molecular formula is C23H28Cl2N2O5S. The molecule has 1 saturated heterocycles. The van der Waals surface area contributed by atoms with Crippen LogP contribution in [0, 0.1) is 5.92 Å². The van der Waals surface area contributed by atoms with E-state index in [1.165, 1.54) is 4.31 Å². The van der Waals surface area contributed by atoms with Gasteiger partial charge in [0.05, 0.1) is 42.0 Å². The summed E-state index contributed by atoms with van der Waals surface area (Å²) in [4.78, 5) is 13.0. The molecule has 1 N–H and O–H groups in total. The van der Waals surface area contributed by atoms with Crippen molar-refractivity contribution in [3.8, 4) is 11.5 Å². The van der Waals surface area contributed by atoms with Crippen LogP contribution in [-0.4, -0.2) is 45.9 Å². The van der Waals surface area contributed by atoms with Crippen molar-refractivity contribution in [2.45, 2.75) is 31.6 Å². The molecule has 10 heteroatoms. The molecule has 1 heterocycles. The molecule has 1 aliphatic rings. The van der Waals surface area contributed by atoms with Crippen LogP contribution in [0.1, 0.15) is 36.9 Å². The summed E-state index contributed by atoms with van der Waals surface area (Å²) in [6.07, 6.45) is 1.22. The molecule has 180 valence electrons. The molecule has 2 aromatic rings. The topological polar surface area (TPSA) is 84.9 Å². The van der Waals surface area contributed by atoms with Gasteiger partial charge in [-0.2, -0.15) is 0 Å². The number of nitrogens with zero attached hydrogens (tertiary/aromatic N) is 1. The van der Waals surface area contributed by atoms with Crippen LogP contribution in [0.25, 0.3) is 0 Å². The van der Waals surface area contributed by atoms with Crippen molar-refractivity contribution in [1.29, 1.82) is 0 Å². The second kappa shape index (κ2) is 11.0. The summed E-state index contributed by atoms with van der Waals surface area (Å²) >= 11 is 11.9. The summed E-state index contributed by atoms with van der Waals surface area (Å²) in [5.41, 5.74) is 1.33. The molecule has 0 saturated carbocycles. The van der Waals surface area contributed by atoms with Crippen LogP contribution in [0.3, 0.4) is 0 Å². The Morgan fingerprint density at radius 2 is 1.91 bits per heavy atom. The van der Waals surface area contributed by atoms with Crippen molar-refractivity contribution >= 4 is 39.1 Å². The Morgan fingerprint density at radius 1 is 1.15 bits per heavy atom. The number of hydrogen-bond donors (Lipinski definition) is 1. The van der Waals surface area contributed by atoms with Crippen molar-refractivity contribution < 1.29 is 22.7 Å². The second-order valence-electron chi connectivity index (χ2n) is 8.04. The fourth-order valence-electron chi connectivity index (χ4n) is 3.93. The van der Waals surface area contributed by atoms with Gasteiger partial charge in [0.15, 0.2) is 0 Å². The maximum atomic E-state index is 13.0. The first-order chi connectivity index (χ1) is 15.6. The van der Waals surface area contributed by atoms with E-state index in [-0.39, 0.29) is 24.2 Å². The third kappa shape index (κ3) is 6.32. The van der Waals surface area contributed by atoms with Gasteiger partial charge in [0, 0.05) is 18.7 Å². The number of sulfonamides is 1.